The van der Waals surface area contributed by atoms with Gasteiger partial charge in [-0.3, -0.25) is 10.4 Å². The van der Waals surface area contributed by atoms with E-state index < -0.39 is 10.4 Å². The Morgan fingerprint density at radius 2 is 1.80 bits per heavy atom. The quantitative estimate of drug-likeness (QED) is 0.362. The summed E-state index contributed by atoms with van der Waals surface area (Å²) >= 11 is 0. The van der Waals surface area contributed by atoms with Crippen molar-refractivity contribution in [3.63, 3.8) is 0 Å². The highest BCUT2D eigenvalue weighted by Crippen LogP contribution is 2.08. The molecule has 0 fully saturated rings. The Balaban J connectivity index is 0.000000336. The molecule has 1 unspecified atom stereocenters. The molecule has 1 atom stereocenters. The molecule has 0 amide bonds. The third kappa shape index (κ3) is 9.32. The third-order valence-corrected chi connectivity index (χ3v) is 1.61. The zero-order chi connectivity index (χ0) is 11.9. The molecule has 0 aromatic heterocycles. The molecule has 7 heteroatoms. The minimum Gasteiger partial charge on any atom is -0.726 e. The maximum absolute atomic E-state index is 8.63. The average Bonchev–Trinajstić information content (AvgIpc) is 2.15. The van der Waals surface area contributed by atoms with Gasteiger partial charge in [0, 0.05) is 0 Å². The summed E-state index contributed by atoms with van der Waals surface area (Å²) in [6.07, 6.45) is 0. The molecule has 0 aliphatic rings. The molecule has 1 aromatic rings. The largest absolute Gasteiger partial charge is 0.726 e. The minimum absolute atomic E-state index is 0.348. The fourth-order valence-electron chi connectivity index (χ4n) is 0.860. The minimum atomic E-state index is -4.92. The normalized spacial score (nSPS) is 12.5. The van der Waals surface area contributed by atoms with Crippen molar-refractivity contribution in [2.24, 2.45) is 0 Å². The van der Waals surface area contributed by atoms with Crippen LogP contribution in [0.3, 0.4) is 0 Å². The van der Waals surface area contributed by atoms with Crippen LogP contribution < -0.4 is 11.3 Å². The Hall–Kier alpha value is -0.990. The van der Waals surface area contributed by atoms with Crippen molar-refractivity contribution in [1.82, 2.24) is 5.43 Å². The SMILES string of the molecule is CC(N[NH3+])c1ccccc1.O=S(=O)([O-])O. The Morgan fingerprint density at radius 3 is 2.13 bits per heavy atom. The van der Waals surface area contributed by atoms with Crippen molar-refractivity contribution in [3.8, 4) is 0 Å². The van der Waals surface area contributed by atoms with E-state index in [9.17, 15) is 0 Å². The lowest BCUT2D eigenvalue weighted by atomic mass is 10.1. The second kappa shape index (κ2) is 6.49. The van der Waals surface area contributed by atoms with E-state index >= 15 is 0 Å². The molecule has 15 heavy (non-hydrogen) atoms. The predicted octanol–water partition coefficient (Wildman–Crippen LogP) is -0.501. The van der Waals surface area contributed by atoms with Crippen molar-refractivity contribution in [1.29, 1.82) is 0 Å². The van der Waals surface area contributed by atoms with Gasteiger partial charge in [0.05, 0.1) is 6.04 Å². The van der Waals surface area contributed by atoms with Crippen LogP contribution in [0.2, 0.25) is 0 Å². The van der Waals surface area contributed by atoms with Crippen LogP contribution in [-0.2, 0) is 10.4 Å². The van der Waals surface area contributed by atoms with Crippen LogP contribution >= 0.6 is 0 Å². The topological polar surface area (TPSA) is 117 Å². The second-order valence-electron chi connectivity index (χ2n) is 2.76. The van der Waals surface area contributed by atoms with E-state index in [4.69, 9.17) is 17.5 Å². The van der Waals surface area contributed by atoms with E-state index in [0.29, 0.717) is 6.04 Å². The van der Waals surface area contributed by atoms with Gasteiger partial charge in [0.25, 0.3) is 0 Å². The van der Waals surface area contributed by atoms with Gasteiger partial charge in [0.1, 0.15) is 0 Å². The highest BCUT2D eigenvalue weighted by molar-refractivity contribution is 7.79. The zero-order valence-electron chi connectivity index (χ0n) is 8.25. The molecule has 6 nitrogen and oxygen atoms in total. The van der Waals surface area contributed by atoms with E-state index in [1.54, 1.807) is 0 Å². The average molecular weight is 234 g/mol. The summed E-state index contributed by atoms with van der Waals surface area (Å²) in [5.41, 5.74) is 4.21. The molecule has 5 N–H and O–H groups in total. The number of nitrogens with one attached hydrogen (secondary N) is 1. The Morgan fingerprint density at radius 1 is 1.40 bits per heavy atom. The first-order chi connectivity index (χ1) is 6.84. The summed E-state index contributed by atoms with van der Waals surface area (Å²) in [5, 5.41) is 0. The van der Waals surface area contributed by atoms with Gasteiger partial charge < -0.3 is 4.55 Å². The van der Waals surface area contributed by atoms with Gasteiger partial charge in [-0.05, 0) is 12.5 Å². The molecule has 0 aliphatic carbocycles. The van der Waals surface area contributed by atoms with Gasteiger partial charge in [-0.1, -0.05) is 30.3 Å². The lowest BCUT2D eigenvalue weighted by Crippen LogP contribution is -2.65. The number of hydrogen-bond donors (Lipinski definition) is 3. The molecule has 0 radical (unpaired) electrons. The second-order valence-corrected chi connectivity index (χ2v) is 3.62. The van der Waals surface area contributed by atoms with Gasteiger partial charge in [0.15, 0.2) is 0 Å². The molecule has 1 aromatic carbocycles. The van der Waals surface area contributed by atoms with Crippen LogP contribution in [0.5, 0.6) is 0 Å². The van der Waals surface area contributed by atoms with Crippen molar-refractivity contribution in [3.05, 3.63) is 35.9 Å². The molecule has 0 spiro atoms. The van der Waals surface area contributed by atoms with Gasteiger partial charge in [-0.2, -0.15) is 5.43 Å². The highest BCUT2D eigenvalue weighted by atomic mass is 32.3. The fourth-order valence-corrected chi connectivity index (χ4v) is 0.860. The molecular weight excluding hydrogens is 220 g/mol. The Bertz CT molecular complexity index is 357. The molecule has 1 rings (SSSR count). The Labute approximate surface area is 88.7 Å². The van der Waals surface area contributed by atoms with E-state index in [0.717, 1.165) is 0 Å². The van der Waals surface area contributed by atoms with Crippen molar-refractivity contribution < 1.29 is 23.4 Å². The van der Waals surface area contributed by atoms with Crippen LogP contribution in [-0.4, -0.2) is 17.5 Å². The summed E-state index contributed by atoms with van der Waals surface area (Å²) in [5.74, 6) is 3.61. The van der Waals surface area contributed by atoms with Crippen molar-refractivity contribution in [2.75, 3.05) is 0 Å². The first kappa shape index (κ1) is 14.0. The van der Waals surface area contributed by atoms with Gasteiger partial charge in [-0.15, -0.1) is 0 Å². The summed E-state index contributed by atoms with van der Waals surface area (Å²) in [6.45, 7) is 2.09. The van der Waals surface area contributed by atoms with E-state index in [2.05, 4.69) is 30.3 Å². The van der Waals surface area contributed by atoms with Gasteiger partial charge in [0.2, 0.25) is 10.4 Å². The monoisotopic (exact) mass is 234 g/mol. The summed E-state index contributed by atoms with van der Waals surface area (Å²) < 4.78 is 32.8. The van der Waals surface area contributed by atoms with Gasteiger partial charge >= 0.3 is 0 Å². The summed E-state index contributed by atoms with van der Waals surface area (Å²) in [6, 6.07) is 10.6. The van der Waals surface area contributed by atoms with Gasteiger partial charge in [-0.25, -0.2) is 8.42 Å². The van der Waals surface area contributed by atoms with Crippen LogP contribution in [0, 0.1) is 0 Å². The third-order valence-electron chi connectivity index (χ3n) is 1.61. The molecule has 86 valence electrons. The molecule has 0 saturated carbocycles. The smallest absolute Gasteiger partial charge is 0.215 e. The molecule has 0 aliphatic heterocycles. The lowest BCUT2D eigenvalue weighted by molar-refractivity contribution is -0.452. The van der Waals surface area contributed by atoms with Crippen LogP contribution in [0.4, 0.5) is 0 Å². The first-order valence-corrected chi connectivity index (χ1v) is 5.47. The Kier molecular flexibility index (Phi) is 6.06. The van der Waals surface area contributed by atoms with Crippen molar-refractivity contribution >= 4 is 10.4 Å². The van der Waals surface area contributed by atoms with Crippen LogP contribution in [0.1, 0.15) is 18.5 Å². The number of quaternary nitrogens is 1. The lowest BCUT2D eigenvalue weighted by Gasteiger charge is -2.05. The zero-order valence-corrected chi connectivity index (χ0v) is 9.07. The first-order valence-electron chi connectivity index (χ1n) is 4.10. The number of rotatable bonds is 2. The fraction of sp³-hybridized carbons (Fsp3) is 0.250. The number of benzene rings is 1. The van der Waals surface area contributed by atoms with Crippen LogP contribution in [0.25, 0.3) is 0 Å². The van der Waals surface area contributed by atoms with Crippen molar-refractivity contribution in [2.45, 2.75) is 13.0 Å². The van der Waals surface area contributed by atoms with E-state index in [1.807, 2.05) is 18.2 Å². The highest BCUT2D eigenvalue weighted by Gasteiger charge is 2.00. The van der Waals surface area contributed by atoms with E-state index in [-0.39, 0.29) is 0 Å². The molecule has 0 heterocycles. The van der Waals surface area contributed by atoms with E-state index in [1.165, 1.54) is 5.56 Å². The molecule has 0 saturated heterocycles. The summed E-state index contributed by atoms with van der Waals surface area (Å²) in [7, 11) is -4.92. The predicted molar refractivity (Wildman–Crippen MR) is 53.2 cm³/mol. The maximum Gasteiger partial charge on any atom is 0.215 e. The molecule has 0 bridgehead atoms. The van der Waals surface area contributed by atoms with Crippen LogP contribution in [0.15, 0.2) is 30.3 Å². The summed E-state index contributed by atoms with van der Waals surface area (Å²) in [4.78, 5) is 0. The maximum atomic E-state index is 8.63. The number of hydrogen-bond acceptors (Lipinski definition) is 4. The standard InChI is InChI=1S/C8H12N2.H2O4S/c1-7(10-9)8-5-3-2-4-6-8;1-5(2,3)4/h2-7,10H,9H2,1H3;(H2,1,2,3,4). The molecular formula is C8H14N2O4S.